The number of aromatic nitrogens is 5. The number of pyridine rings is 1. The molecule has 1 aromatic carbocycles. The highest BCUT2D eigenvalue weighted by Crippen LogP contribution is 2.39. The second kappa shape index (κ2) is 9.34. The van der Waals surface area contributed by atoms with E-state index in [1.54, 1.807) is 0 Å². The molecule has 10 heteroatoms. The summed E-state index contributed by atoms with van der Waals surface area (Å²) in [5.74, 6) is -0.424. The van der Waals surface area contributed by atoms with E-state index in [4.69, 9.17) is 0 Å². The Morgan fingerprint density at radius 1 is 1.31 bits per heavy atom. The van der Waals surface area contributed by atoms with Gasteiger partial charge in [-0.05, 0) is 50.9 Å². The highest BCUT2D eigenvalue weighted by atomic mass is 19.1. The highest BCUT2D eigenvalue weighted by Gasteiger charge is 2.45. The SMILES string of the molecule is Cc1cc(Nc2ccc(F)c(CC3(C(=O)O)CCN(Cc4cccc5cnn(C)c45)C(C)C3)n2)n[nH]1. The topological polar surface area (TPSA) is 112 Å². The Morgan fingerprint density at radius 2 is 2.14 bits per heavy atom. The number of halogens is 1. The van der Waals surface area contributed by atoms with Crippen LogP contribution in [-0.4, -0.2) is 53.5 Å². The molecule has 36 heavy (non-hydrogen) atoms. The van der Waals surface area contributed by atoms with Crippen LogP contribution < -0.4 is 5.32 Å². The molecule has 1 aliphatic heterocycles. The minimum absolute atomic E-state index is 0.00488. The Balaban J connectivity index is 1.34. The number of fused-ring (bicyclic) bond motifs is 1. The molecule has 1 fully saturated rings. The molecule has 0 aliphatic carbocycles. The molecule has 1 saturated heterocycles. The second-order valence-electron chi connectivity index (χ2n) is 9.85. The minimum atomic E-state index is -1.09. The number of aromatic amines is 1. The highest BCUT2D eigenvalue weighted by molar-refractivity contribution is 5.82. The van der Waals surface area contributed by atoms with Gasteiger partial charge in [-0.15, -0.1) is 0 Å². The van der Waals surface area contributed by atoms with E-state index in [9.17, 15) is 14.3 Å². The van der Waals surface area contributed by atoms with Gasteiger partial charge in [0.05, 0.1) is 22.8 Å². The summed E-state index contributed by atoms with van der Waals surface area (Å²) >= 11 is 0. The fourth-order valence-electron chi connectivity index (χ4n) is 5.31. The van der Waals surface area contributed by atoms with Gasteiger partial charge in [-0.25, -0.2) is 9.37 Å². The summed E-state index contributed by atoms with van der Waals surface area (Å²) in [6.07, 6.45) is 2.69. The molecule has 2 unspecified atom stereocenters. The summed E-state index contributed by atoms with van der Waals surface area (Å²) in [6, 6.07) is 10.8. The zero-order valence-corrected chi connectivity index (χ0v) is 20.6. The number of anilines is 2. The maximum absolute atomic E-state index is 14.8. The van der Waals surface area contributed by atoms with Crippen LogP contribution in [0.25, 0.3) is 10.9 Å². The molecule has 9 nitrogen and oxygen atoms in total. The summed E-state index contributed by atoms with van der Waals surface area (Å²) in [6.45, 7) is 5.21. The molecule has 0 amide bonds. The van der Waals surface area contributed by atoms with Crippen LogP contribution in [0.4, 0.5) is 16.0 Å². The van der Waals surface area contributed by atoms with Crippen molar-refractivity contribution in [2.24, 2.45) is 12.5 Å². The van der Waals surface area contributed by atoms with Crippen molar-refractivity contribution in [3.05, 3.63) is 65.4 Å². The number of likely N-dealkylation sites (tertiary alicyclic amines) is 1. The predicted octanol–water partition coefficient (Wildman–Crippen LogP) is 4.18. The molecule has 0 spiro atoms. The van der Waals surface area contributed by atoms with Crippen LogP contribution in [0.2, 0.25) is 0 Å². The van der Waals surface area contributed by atoms with Crippen molar-refractivity contribution in [2.45, 2.75) is 45.7 Å². The first-order valence-electron chi connectivity index (χ1n) is 12.1. The average molecular weight is 492 g/mol. The van der Waals surface area contributed by atoms with E-state index in [1.165, 1.54) is 12.1 Å². The third-order valence-electron chi connectivity index (χ3n) is 7.25. The van der Waals surface area contributed by atoms with Crippen molar-refractivity contribution in [1.29, 1.82) is 0 Å². The van der Waals surface area contributed by atoms with Gasteiger partial charge in [-0.2, -0.15) is 10.2 Å². The van der Waals surface area contributed by atoms with Crippen LogP contribution in [0, 0.1) is 18.2 Å². The zero-order valence-electron chi connectivity index (χ0n) is 20.6. The number of aliphatic carboxylic acids is 1. The number of rotatable bonds is 7. The van der Waals surface area contributed by atoms with Crippen molar-refractivity contribution in [3.63, 3.8) is 0 Å². The number of aryl methyl sites for hydroxylation is 2. The lowest BCUT2D eigenvalue weighted by atomic mass is 9.72. The Morgan fingerprint density at radius 3 is 2.86 bits per heavy atom. The van der Waals surface area contributed by atoms with Crippen molar-refractivity contribution in [1.82, 2.24) is 29.9 Å². The number of hydrogen-bond donors (Lipinski definition) is 3. The summed E-state index contributed by atoms with van der Waals surface area (Å²) in [4.78, 5) is 19.3. The van der Waals surface area contributed by atoms with Crippen molar-refractivity contribution >= 4 is 28.5 Å². The minimum Gasteiger partial charge on any atom is -0.481 e. The molecule has 4 heterocycles. The number of nitrogens with one attached hydrogen (secondary N) is 2. The molecule has 3 N–H and O–H groups in total. The van der Waals surface area contributed by atoms with Gasteiger partial charge in [0.1, 0.15) is 11.6 Å². The molecular weight excluding hydrogens is 461 g/mol. The van der Waals surface area contributed by atoms with Gasteiger partial charge in [0.2, 0.25) is 0 Å². The van der Waals surface area contributed by atoms with E-state index in [0.29, 0.717) is 37.6 Å². The normalized spacial score (nSPS) is 20.6. The summed E-state index contributed by atoms with van der Waals surface area (Å²) < 4.78 is 16.7. The van der Waals surface area contributed by atoms with Crippen molar-refractivity contribution in [2.75, 3.05) is 11.9 Å². The zero-order chi connectivity index (χ0) is 25.4. The first-order chi connectivity index (χ1) is 17.2. The Kier molecular flexibility index (Phi) is 6.21. The van der Waals surface area contributed by atoms with E-state index >= 15 is 0 Å². The predicted molar refractivity (Wildman–Crippen MR) is 134 cm³/mol. The Hall–Kier alpha value is -3.79. The molecule has 0 radical (unpaired) electrons. The number of nitrogens with zero attached hydrogens (tertiary/aromatic N) is 5. The first-order valence-corrected chi connectivity index (χ1v) is 12.1. The van der Waals surface area contributed by atoms with E-state index in [-0.39, 0.29) is 18.2 Å². The van der Waals surface area contributed by atoms with E-state index in [1.807, 2.05) is 50.0 Å². The molecular formula is C26H30FN7O2. The molecule has 188 valence electrons. The van der Waals surface area contributed by atoms with Gasteiger partial charge in [-0.3, -0.25) is 19.5 Å². The summed E-state index contributed by atoms with van der Waals surface area (Å²) in [7, 11) is 1.93. The Labute approximate surface area is 208 Å². The average Bonchev–Trinajstić information content (AvgIpc) is 3.43. The van der Waals surface area contributed by atoms with E-state index in [2.05, 4.69) is 36.6 Å². The lowest BCUT2D eigenvalue weighted by molar-refractivity contribution is -0.153. The van der Waals surface area contributed by atoms with Crippen LogP contribution in [0.3, 0.4) is 0 Å². The molecule has 2 atom stereocenters. The number of carboxylic acid groups (broad SMARTS) is 1. The summed E-state index contributed by atoms with van der Waals surface area (Å²) in [5, 5.41) is 25.7. The van der Waals surface area contributed by atoms with Crippen LogP contribution >= 0.6 is 0 Å². The van der Waals surface area contributed by atoms with Gasteiger partial charge in [-0.1, -0.05) is 18.2 Å². The van der Waals surface area contributed by atoms with Crippen LogP contribution in [0.5, 0.6) is 0 Å². The number of piperidine rings is 1. The fourth-order valence-corrected chi connectivity index (χ4v) is 5.31. The molecule has 1 aliphatic rings. The van der Waals surface area contributed by atoms with E-state index < -0.39 is 17.2 Å². The van der Waals surface area contributed by atoms with Gasteiger partial charge >= 0.3 is 5.97 Å². The Bertz CT molecular complexity index is 1410. The number of H-pyrrole nitrogens is 1. The van der Waals surface area contributed by atoms with Crippen molar-refractivity contribution < 1.29 is 14.3 Å². The molecule has 3 aromatic heterocycles. The van der Waals surface area contributed by atoms with Crippen LogP contribution in [0.1, 0.15) is 36.7 Å². The molecule has 0 saturated carbocycles. The monoisotopic (exact) mass is 491 g/mol. The lowest BCUT2D eigenvalue weighted by Crippen LogP contribution is -2.49. The molecule has 4 aromatic rings. The van der Waals surface area contributed by atoms with Gasteiger partial charge in [0.15, 0.2) is 5.82 Å². The van der Waals surface area contributed by atoms with Gasteiger partial charge in [0, 0.05) is 43.2 Å². The van der Waals surface area contributed by atoms with Crippen LogP contribution in [-0.2, 0) is 24.8 Å². The second-order valence-corrected chi connectivity index (χ2v) is 9.85. The van der Waals surface area contributed by atoms with E-state index in [0.717, 1.165) is 22.2 Å². The first kappa shape index (κ1) is 23.9. The van der Waals surface area contributed by atoms with Gasteiger partial charge in [0.25, 0.3) is 0 Å². The van der Waals surface area contributed by atoms with Gasteiger partial charge < -0.3 is 10.4 Å². The third kappa shape index (κ3) is 4.56. The number of carbonyl (C=O) groups is 1. The smallest absolute Gasteiger partial charge is 0.310 e. The standard InChI is InChI=1S/C26H30FN7O2/c1-16-11-23(32-31-16)30-22-8-7-20(27)21(29-22)13-26(25(35)36)9-10-34(17(2)12-26)15-19-6-4-5-18-14-28-33(3)24(18)19/h4-8,11,14,17H,9-10,12-13,15H2,1-3H3,(H,35,36)(H2,29,30,31,32). The fraction of sp³-hybridized carbons (Fsp3) is 0.385. The maximum Gasteiger partial charge on any atom is 0.310 e. The van der Waals surface area contributed by atoms with Crippen molar-refractivity contribution in [3.8, 4) is 0 Å². The number of para-hydroxylation sites is 1. The molecule has 0 bridgehead atoms. The largest absolute Gasteiger partial charge is 0.481 e. The lowest BCUT2D eigenvalue weighted by Gasteiger charge is -2.43. The molecule has 5 rings (SSSR count). The number of carboxylic acids is 1. The number of benzene rings is 1. The maximum atomic E-state index is 14.8. The third-order valence-corrected chi connectivity index (χ3v) is 7.25. The van der Waals surface area contributed by atoms with Crippen LogP contribution in [0.15, 0.2) is 42.6 Å². The number of hydrogen-bond acceptors (Lipinski definition) is 6. The quantitative estimate of drug-likeness (QED) is 0.356. The summed E-state index contributed by atoms with van der Waals surface area (Å²) in [5.41, 5.74) is 2.17.